The fourth-order valence-electron chi connectivity index (χ4n) is 3.60. The molecule has 182 valence electrons. The Morgan fingerprint density at radius 3 is 1.77 bits per heavy atom. The number of alkyl halides is 6. The van der Waals surface area contributed by atoms with Gasteiger partial charge in [-0.2, -0.15) is 31.4 Å². The van der Waals surface area contributed by atoms with Crippen molar-refractivity contribution in [1.82, 2.24) is 9.78 Å². The van der Waals surface area contributed by atoms with Crippen molar-refractivity contribution in [3.63, 3.8) is 0 Å². The van der Waals surface area contributed by atoms with E-state index in [1.165, 1.54) is 36.4 Å². The molecule has 0 fully saturated rings. The summed E-state index contributed by atoms with van der Waals surface area (Å²) in [5.74, 6) is 0. The molecule has 1 aromatic heterocycles. The molecule has 0 aliphatic heterocycles. The van der Waals surface area contributed by atoms with Crippen LogP contribution in [-0.4, -0.2) is 24.5 Å². The number of rotatable bonds is 4. The molecule has 0 saturated heterocycles. The Balaban J connectivity index is 2.04. The summed E-state index contributed by atoms with van der Waals surface area (Å²) in [5.41, 5.74) is -2.20. The van der Waals surface area contributed by atoms with Crippen LogP contribution < -0.4 is 0 Å². The largest absolute Gasteiger partial charge is 0.435 e. The third-order valence-corrected chi connectivity index (χ3v) is 6.34. The highest BCUT2D eigenvalue weighted by Gasteiger charge is 2.40. The highest BCUT2D eigenvalue weighted by Crippen LogP contribution is 2.43. The van der Waals surface area contributed by atoms with Crippen molar-refractivity contribution >= 4 is 9.84 Å². The van der Waals surface area contributed by atoms with Crippen molar-refractivity contribution in [1.29, 1.82) is 0 Å². The van der Waals surface area contributed by atoms with Crippen molar-refractivity contribution in [3.05, 3.63) is 90.1 Å². The zero-order valence-corrected chi connectivity index (χ0v) is 18.7. The molecule has 1 heterocycles. The Morgan fingerprint density at radius 2 is 1.29 bits per heavy atom. The number of hydrogen-bond acceptors (Lipinski definition) is 3. The molecule has 0 unspecified atom stereocenters. The maximum absolute atomic E-state index is 14.1. The van der Waals surface area contributed by atoms with E-state index >= 15 is 0 Å². The molecule has 4 aromatic rings. The first-order chi connectivity index (χ1) is 16.3. The summed E-state index contributed by atoms with van der Waals surface area (Å²) in [5, 5.41) is 3.76. The summed E-state index contributed by atoms with van der Waals surface area (Å²) in [6.07, 6.45) is -8.52. The average Bonchev–Trinajstić information content (AvgIpc) is 3.20. The van der Waals surface area contributed by atoms with Gasteiger partial charge in [-0.3, -0.25) is 0 Å². The quantitative estimate of drug-likeness (QED) is 0.289. The Morgan fingerprint density at radius 1 is 0.714 bits per heavy atom. The highest BCUT2D eigenvalue weighted by molar-refractivity contribution is 7.90. The van der Waals surface area contributed by atoms with Crippen LogP contribution in [0.25, 0.3) is 28.1 Å². The monoisotopic (exact) mass is 510 g/mol. The van der Waals surface area contributed by atoms with Crippen LogP contribution in [-0.2, 0) is 22.2 Å². The second-order valence-corrected chi connectivity index (χ2v) is 9.70. The first kappa shape index (κ1) is 24.5. The molecule has 0 aliphatic carbocycles. The second-order valence-electron chi connectivity index (χ2n) is 7.69. The van der Waals surface area contributed by atoms with Crippen molar-refractivity contribution in [3.8, 4) is 28.1 Å². The molecule has 0 saturated carbocycles. The summed E-state index contributed by atoms with van der Waals surface area (Å²) in [4.78, 5) is -0.0425. The van der Waals surface area contributed by atoms with Crippen LogP contribution in [0, 0.1) is 0 Å². The van der Waals surface area contributed by atoms with E-state index in [0.717, 1.165) is 35.2 Å². The average molecular weight is 510 g/mol. The van der Waals surface area contributed by atoms with E-state index in [0.29, 0.717) is 0 Å². The van der Waals surface area contributed by atoms with Crippen LogP contribution in [0.4, 0.5) is 26.3 Å². The smallest absolute Gasteiger partial charge is 0.232 e. The molecule has 4 nitrogen and oxygen atoms in total. The normalized spacial score (nSPS) is 12.7. The van der Waals surface area contributed by atoms with Gasteiger partial charge in [-0.05, 0) is 42.0 Å². The van der Waals surface area contributed by atoms with E-state index in [9.17, 15) is 34.8 Å². The Labute approximate surface area is 196 Å². The molecule has 4 rings (SSSR count). The number of benzene rings is 3. The van der Waals surface area contributed by atoms with Crippen LogP contribution in [0.2, 0.25) is 0 Å². The van der Waals surface area contributed by atoms with Crippen LogP contribution in [0.1, 0.15) is 11.3 Å². The van der Waals surface area contributed by atoms with Gasteiger partial charge >= 0.3 is 12.4 Å². The van der Waals surface area contributed by atoms with Gasteiger partial charge in [-0.25, -0.2) is 13.1 Å². The van der Waals surface area contributed by atoms with E-state index in [1.807, 2.05) is 0 Å². The van der Waals surface area contributed by atoms with Gasteiger partial charge in [0.1, 0.15) is 0 Å². The maximum atomic E-state index is 14.1. The van der Waals surface area contributed by atoms with E-state index in [2.05, 4.69) is 5.10 Å². The third-order valence-electron chi connectivity index (χ3n) is 5.21. The standard InChI is InChI=1S/C24H16F6N2O2S/c1-35(33,34)19-13-7-16(8-14-19)21-20(15-5-3-2-4-6-15)22(24(28,29)30)31-32(21)18-11-9-17(10-12-18)23(25,26)27/h2-14H,1H3. The lowest BCUT2D eigenvalue weighted by molar-refractivity contribution is -0.141. The maximum Gasteiger partial charge on any atom is 0.435 e. The van der Waals surface area contributed by atoms with E-state index in [1.54, 1.807) is 18.2 Å². The molecule has 0 N–H and O–H groups in total. The van der Waals surface area contributed by atoms with Gasteiger partial charge in [0.2, 0.25) is 0 Å². The lowest BCUT2D eigenvalue weighted by Crippen LogP contribution is -2.09. The van der Waals surface area contributed by atoms with Gasteiger partial charge in [-0.1, -0.05) is 42.5 Å². The van der Waals surface area contributed by atoms with Gasteiger partial charge in [-0.15, -0.1) is 0 Å². The highest BCUT2D eigenvalue weighted by atomic mass is 32.2. The number of halogens is 6. The van der Waals surface area contributed by atoms with Crippen LogP contribution in [0.3, 0.4) is 0 Å². The summed E-state index contributed by atoms with van der Waals surface area (Å²) in [7, 11) is -3.57. The first-order valence-electron chi connectivity index (χ1n) is 10.0. The molecule has 0 amide bonds. The lowest BCUT2D eigenvalue weighted by atomic mass is 9.98. The Hall–Kier alpha value is -3.60. The van der Waals surface area contributed by atoms with E-state index < -0.39 is 33.4 Å². The molecule has 3 aromatic carbocycles. The molecule has 0 bridgehead atoms. The van der Waals surface area contributed by atoms with Gasteiger partial charge in [0.25, 0.3) is 0 Å². The minimum atomic E-state index is -4.89. The summed E-state index contributed by atoms with van der Waals surface area (Å²) >= 11 is 0. The second kappa shape index (κ2) is 8.56. The lowest BCUT2D eigenvalue weighted by Gasteiger charge is -2.13. The molecule has 0 atom stereocenters. The van der Waals surface area contributed by atoms with Crippen LogP contribution in [0.15, 0.2) is 83.8 Å². The zero-order valence-electron chi connectivity index (χ0n) is 17.9. The van der Waals surface area contributed by atoms with Gasteiger partial charge in [0.15, 0.2) is 15.5 Å². The predicted octanol–water partition coefficient (Wildman–Crippen LogP) is 6.65. The van der Waals surface area contributed by atoms with Crippen LogP contribution >= 0.6 is 0 Å². The SMILES string of the molecule is CS(=O)(=O)c1ccc(-c2c(-c3ccccc3)c(C(F)(F)F)nn2-c2ccc(C(F)(F)F)cc2)cc1. The van der Waals surface area contributed by atoms with Crippen LogP contribution in [0.5, 0.6) is 0 Å². The summed E-state index contributed by atoms with van der Waals surface area (Å²) in [6, 6.07) is 16.3. The molecule has 0 radical (unpaired) electrons. The Bertz CT molecular complexity index is 1460. The van der Waals surface area contributed by atoms with Crippen molar-refractivity contribution < 1.29 is 34.8 Å². The number of hydrogen-bond donors (Lipinski definition) is 0. The summed E-state index contributed by atoms with van der Waals surface area (Å²) in [6.45, 7) is 0. The fourth-order valence-corrected chi connectivity index (χ4v) is 4.23. The first-order valence-corrected chi connectivity index (χ1v) is 11.9. The van der Waals surface area contributed by atoms with Crippen molar-refractivity contribution in [2.24, 2.45) is 0 Å². The number of nitrogens with zero attached hydrogens (tertiary/aromatic N) is 2. The molecular formula is C24H16F6N2O2S. The van der Waals surface area contributed by atoms with Crippen molar-refractivity contribution in [2.75, 3.05) is 6.26 Å². The topological polar surface area (TPSA) is 52.0 Å². The Kier molecular flexibility index (Phi) is 6.00. The van der Waals surface area contributed by atoms with Gasteiger partial charge < -0.3 is 0 Å². The van der Waals surface area contributed by atoms with Gasteiger partial charge in [0.05, 0.1) is 21.8 Å². The van der Waals surface area contributed by atoms with E-state index in [-0.39, 0.29) is 33.0 Å². The molecule has 0 aliphatic rings. The summed E-state index contributed by atoms with van der Waals surface area (Å²) < 4.78 is 106. The molecule has 35 heavy (non-hydrogen) atoms. The number of aromatic nitrogens is 2. The van der Waals surface area contributed by atoms with E-state index in [4.69, 9.17) is 0 Å². The van der Waals surface area contributed by atoms with Gasteiger partial charge in [0, 0.05) is 17.4 Å². The zero-order chi connectivity index (χ0) is 25.6. The fraction of sp³-hybridized carbons (Fsp3) is 0.125. The predicted molar refractivity (Wildman–Crippen MR) is 118 cm³/mol. The minimum Gasteiger partial charge on any atom is -0.232 e. The third kappa shape index (κ3) is 4.95. The van der Waals surface area contributed by atoms with Crippen molar-refractivity contribution in [2.45, 2.75) is 17.2 Å². The molecule has 11 heteroatoms. The minimum absolute atomic E-state index is 0.0344. The molecule has 0 spiro atoms. The number of sulfone groups is 1. The molecular weight excluding hydrogens is 494 g/mol.